The third-order valence-corrected chi connectivity index (χ3v) is 5.05. The van der Waals surface area contributed by atoms with E-state index in [1.165, 1.54) is 0 Å². The second kappa shape index (κ2) is 5.74. The van der Waals surface area contributed by atoms with Crippen molar-refractivity contribution in [3.63, 3.8) is 0 Å². The van der Waals surface area contributed by atoms with Gasteiger partial charge < -0.3 is 11.1 Å². The summed E-state index contributed by atoms with van der Waals surface area (Å²) in [6.07, 6.45) is 1.87. The van der Waals surface area contributed by atoms with Crippen LogP contribution in [0.25, 0.3) is 0 Å². The van der Waals surface area contributed by atoms with Crippen LogP contribution in [0.1, 0.15) is 46.1 Å². The van der Waals surface area contributed by atoms with Gasteiger partial charge in [0.2, 0.25) is 5.91 Å². The van der Waals surface area contributed by atoms with Crippen LogP contribution < -0.4 is 11.1 Å². The van der Waals surface area contributed by atoms with E-state index in [1.807, 2.05) is 13.8 Å². The fourth-order valence-corrected chi connectivity index (χ4v) is 3.51. The van der Waals surface area contributed by atoms with E-state index in [0.29, 0.717) is 16.4 Å². The first-order valence-corrected chi connectivity index (χ1v) is 8.09. The van der Waals surface area contributed by atoms with Gasteiger partial charge in [0.05, 0.1) is 16.9 Å². The predicted octanol–water partition coefficient (Wildman–Crippen LogP) is 3.82. The Morgan fingerprint density at radius 3 is 2.64 bits per heavy atom. The summed E-state index contributed by atoms with van der Waals surface area (Å²) in [4.78, 5) is 15.2. The van der Waals surface area contributed by atoms with Crippen molar-refractivity contribution in [2.24, 2.45) is 0 Å². The van der Waals surface area contributed by atoms with Crippen molar-refractivity contribution in [3.8, 4) is 0 Å². The number of carbonyl (C=O) groups excluding carboxylic acids is 1. The average Bonchev–Trinajstić information content (AvgIpc) is 2.83. The molecule has 1 aliphatic heterocycles. The lowest BCUT2D eigenvalue weighted by atomic mass is 9.92. The lowest BCUT2D eigenvalue weighted by Crippen LogP contribution is -2.57. The van der Waals surface area contributed by atoms with Gasteiger partial charge in [-0.2, -0.15) is 0 Å². The molecule has 2 rings (SSSR count). The molecule has 0 saturated carbocycles. The van der Waals surface area contributed by atoms with E-state index < -0.39 is 5.54 Å². The molecular weight excluding hydrogens is 298 g/mol. The van der Waals surface area contributed by atoms with Crippen LogP contribution in [0, 0.1) is 6.92 Å². The lowest BCUT2D eigenvalue weighted by Gasteiger charge is -2.43. The van der Waals surface area contributed by atoms with Crippen LogP contribution in [0.5, 0.6) is 0 Å². The Hall–Kier alpha value is -1.26. The summed E-state index contributed by atoms with van der Waals surface area (Å²) in [6, 6.07) is 3.53. The van der Waals surface area contributed by atoms with Crippen LogP contribution in [-0.2, 0) is 4.79 Å². The number of nitrogen functional groups attached to an aromatic ring is 1. The van der Waals surface area contributed by atoms with E-state index in [9.17, 15) is 4.79 Å². The first kappa shape index (κ1) is 17.1. The maximum absolute atomic E-state index is 12.9. The van der Waals surface area contributed by atoms with Gasteiger partial charge in [-0.1, -0.05) is 11.6 Å². The van der Waals surface area contributed by atoms with Crippen molar-refractivity contribution >= 4 is 28.9 Å². The molecule has 1 aromatic carbocycles. The van der Waals surface area contributed by atoms with E-state index in [4.69, 9.17) is 17.3 Å². The smallest absolute Gasteiger partial charge is 0.244 e. The zero-order valence-corrected chi connectivity index (χ0v) is 14.8. The molecular formula is C17H26ClN3O. The highest BCUT2D eigenvalue weighted by Crippen LogP contribution is 2.37. The summed E-state index contributed by atoms with van der Waals surface area (Å²) < 4.78 is 0. The summed E-state index contributed by atoms with van der Waals surface area (Å²) in [5, 5.41) is 3.61. The van der Waals surface area contributed by atoms with Gasteiger partial charge in [0.15, 0.2) is 0 Å². The van der Waals surface area contributed by atoms with Crippen molar-refractivity contribution in [2.75, 3.05) is 17.6 Å². The molecule has 0 bridgehead atoms. The summed E-state index contributed by atoms with van der Waals surface area (Å²) in [6.45, 7) is 11.2. The lowest BCUT2D eigenvalue weighted by molar-refractivity contribution is -0.128. The zero-order valence-electron chi connectivity index (χ0n) is 14.1. The molecule has 1 unspecified atom stereocenters. The Kier molecular flexibility index (Phi) is 4.46. The Labute approximate surface area is 138 Å². The third-order valence-electron chi connectivity index (χ3n) is 4.64. The Balaban J connectivity index is 2.27. The fraction of sp³-hybridized carbons (Fsp3) is 0.588. The van der Waals surface area contributed by atoms with Crippen LogP contribution in [0.2, 0.25) is 5.02 Å². The summed E-state index contributed by atoms with van der Waals surface area (Å²) in [7, 11) is 0. The second-order valence-electron chi connectivity index (χ2n) is 7.29. The van der Waals surface area contributed by atoms with Crippen molar-refractivity contribution in [1.82, 2.24) is 4.90 Å². The summed E-state index contributed by atoms with van der Waals surface area (Å²) in [5.74, 6) is -0.00616. The molecule has 1 atom stereocenters. The maximum Gasteiger partial charge on any atom is 0.244 e. The van der Waals surface area contributed by atoms with Gasteiger partial charge in [-0.3, -0.25) is 9.69 Å². The van der Waals surface area contributed by atoms with Crippen molar-refractivity contribution in [3.05, 3.63) is 22.7 Å². The molecule has 122 valence electrons. The molecule has 1 aliphatic rings. The molecule has 0 aliphatic carbocycles. The number of anilines is 2. The molecule has 22 heavy (non-hydrogen) atoms. The number of halogens is 1. The highest BCUT2D eigenvalue weighted by molar-refractivity contribution is 6.32. The van der Waals surface area contributed by atoms with Crippen LogP contribution in [0.3, 0.4) is 0 Å². The first-order valence-electron chi connectivity index (χ1n) is 7.71. The van der Waals surface area contributed by atoms with Gasteiger partial charge in [-0.25, -0.2) is 0 Å². The van der Waals surface area contributed by atoms with Crippen molar-refractivity contribution in [1.29, 1.82) is 0 Å². The largest absolute Gasteiger partial charge is 0.397 e. The standard InChI is InChI=1S/C17H26ClN3O/c1-11-12(18)7-8-13(14(11)19)20-15(22)17(5)9-6-10-21(17)16(2,3)4/h7-8H,6,9-10,19H2,1-5H3,(H,20,22). The molecule has 5 heteroatoms. The third kappa shape index (κ3) is 2.95. The number of carbonyl (C=O) groups is 1. The number of nitrogens with one attached hydrogen (secondary N) is 1. The minimum atomic E-state index is -0.516. The highest BCUT2D eigenvalue weighted by atomic mass is 35.5. The fourth-order valence-electron chi connectivity index (χ4n) is 3.34. The normalized spacial score (nSPS) is 22.8. The summed E-state index contributed by atoms with van der Waals surface area (Å²) in [5.41, 5.74) is 7.47. The SMILES string of the molecule is Cc1c(Cl)ccc(NC(=O)C2(C)CCCN2C(C)(C)C)c1N. The predicted molar refractivity (Wildman–Crippen MR) is 93.3 cm³/mol. The van der Waals surface area contributed by atoms with E-state index in [1.54, 1.807) is 12.1 Å². The van der Waals surface area contributed by atoms with Crippen LogP contribution in [-0.4, -0.2) is 28.4 Å². The van der Waals surface area contributed by atoms with E-state index >= 15 is 0 Å². The average molecular weight is 324 g/mol. The van der Waals surface area contributed by atoms with Gasteiger partial charge in [0.1, 0.15) is 0 Å². The van der Waals surface area contributed by atoms with Crippen LogP contribution in [0.4, 0.5) is 11.4 Å². The Bertz CT molecular complexity index is 594. The quantitative estimate of drug-likeness (QED) is 0.813. The minimum absolute atomic E-state index is 0.00616. The Morgan fingerprint density at radius 1 is 1.41 bits per heavy atom. The molecule has 4 nitrogen and oxygen atoms in total. The number of likely N-dealkylation sites (tertiary alicyclic amines) is 1. The van der Waals surface area contributed by atoms with E-state index in [0.717, 1.165) is 24.9 Å². The van der Waals surface area contributed by atoms with Crippen molar-refractivity contribution < 1.29 is 4.79 Å². The molecule has 0 aromatic heterocycles. The molecule has 1 aromatic rings. The number of benzene rings is 1. The van der Waals surface area contributed by atoms with Crippen LogP contribution >= 0.6 is 11.6 Å². The molecule has 1 amide bonds. The molecule has 0 spiro atoms. The monoisotopic (exact) mass is 323 g/mol. The number of hydrogen-bond donors (Lipinski definition) is 2. The van der Waals surface area contributed by atoms with Gasteiger partial charge in [0.25, 0.3) is 0 Å². The van der Waals surface area contributed by atoms with Crippen molar-refractivity contribution in [2.45, 2.75) is 58.5 Å². The number of nitrogens with two attached hydrogens (primary N) is 1. The Morgan fingerprint density at radius 2 is 2.05 bits per heavy atom. The number of amides is 1. The van der Waals surface area contributed by atoms with Crippen LogP contribution in [0.15, 0.2) is 12.1 Å². The molecule has 1 fully saturated rings. The molecule has 0 radical (unpaired) electrons. The van der Waals surface area contributed by atoms with Gasteiger partial charge in [-0.05, 0) is 71.7 Å². The molecule has 3 N–H and O–H groups in total. The van der Waals surface area contributed by atoms with Gasteiger partial charge >= 0.3 is 0 Å². The van der Waals surface area contributed by atoms with Gasteiger partial charge in [0, 0.05) is 10.6 Å². The number of hydrogen-bond acceptors (Lipinski definition) is 3. The number of nitrogens with zero attached hydrogens (tertiary/aromatic N) is 1. The minimum Gasteiger partial charge on any atom is -0.397 e. The van der Waals surface area contributed by atoms with E-state index in [-0.39, 0.29) is 11.4 Å². The number of rotatable bonds is 2. The highest BCUT2D eigenvalue weighted by Gasteiger charge is 2.47. The van der Waals surface area contributed by atoms with Gasteiger partial charge in [-0.15, -0.1) is 0 Å². The maximum atomic E-state index is 12.9. The second-order valence-corrected chi connectivity index (χ2v) is 7.69. The van der Waals surface area contributed by atoms with E-state index in [2.05, 4.69) is 31.0 Å². The molecule has 1 heterocycles. The molecule has 1 saturated heterocycles. The summed E-state index contributed by atoms with van der Waals surface area (Å²) >= 11 is 6.06. The first-order chi connectivity index (χ1) is 10.1. The topological polar surface area (TPSA) is 58.4 Å². The zero-order chi connectivity index (χ0) is 16.7.